The van der Waals surface area contributed by atoms with E-state index in [1.54, 1.807) is 0 Å². The van der Waals surface area contributed by atoms with Crippen molar-refractivity contribution in [2.75, 3.05) is 0 Å². The van der Waals surface area contributed by atoms with Crippen LogP contribution in [0.15, 0.2) is 12.2 Å². The van der Waals surface area contributed by atoms with Gasteiger partial charge in [-0.1, -0.05) is 12.2 Å². The second-order valence-electron chi connectivity index (χ2n) is 10.1. The van der Waals surface area contributed by atoms with Crippen molar-refractivity contribution >= 4 is 5.97 Å². The highest BCUT2D eigenvalue weighted by atomic mass is 16.6. The fourth-order valence-corrected chi connectivity index (χ4v) is 7.48. The number of aliphatic hydroxyl groups excluding tert-OH is 1. The smallest absolute Gasteiger partial charge is 0.309 e. The maximum absolute atomic E-state index is 13.1. The number of aliphatic hydroxyl groups is 1. The lowest BCUT2D eigenvalue weighted by Gasteiger charge is -2.40. The van der Waals surface area contributed by atoms with Crippen molar-refractivity contribution in [3.63, 3.8) is 0 Å². The van der Waals surface area contributed by atoms with E-state index in [-0.39, 0.29) is 18.0 Å². The molecule has 0 saturated heterocycles. The van der Waals surface area contributed by atoms with Crippen molar-refractivity contribution in [1.82, 2.24) is 0 Å². The summed E-state index contributed by atoms with van der Waals surface area (Å²) in [5, 5.41) is 9.74. The summed E-state index contributed by atoms with van der Waals surface area (Å²) in [6.45, 7) is 4.17. The second-order valence-corrected chi connectivity index (χ2v) is 10.1. The molecule has 0 amide bonds. The van der Waals surface area contributed by atoms with E-state index in [0.29, 0.717) is 11.8 Å². The van der Waals surface area contributed by atoms with Crippen molar-refractivity contribution in [2.45, 2.75) is 70.5 Å². The van der Waals surface area contributed by atoms with E-state index in [0.717, 1.165) is 61.7 Å². The molecule has 4 fully saturated rings. The first-order chi connectivity index (χ1) is 11.9. The minimum atomic E-state index is -0.396. The van der Waals surface area contributed by atoms with E-state index >= 15 is 0 Å². The number of rotatable bonds is 3. The van der Waals surface area contributed by atoms with Gasteiger partial charge in [0.1, 0.15) is 5.60 Å². The number of fused-ring (bicyclic) bond motifs is 9. The van der Waals surface area contributed by atoms with Gasteiger partial charge in [-0.05, 0) is 100 Å². The van der Waals surface area contributed by atoms with E-state index in [9.17, 15) is 9.90 Å². The van der Waals surface area contributed by atoms with Gasteiger partial charge in [0.2, 0.25) is 0 Å². The Morgan fingerprint density at radius 2 is 1.68 bits per heavy atom. The zero-order valence-electron chi connectivity index (χ0n) is 15.6. The van der Waals surface area contributed by atoms with E-state index in [2.05, 4.69) is 26.0 Å². The molecule has 5 aliphatic rings. The van der Waals surface area contributed by atoms with Crippen molar-refractivity contribution < 1.29 is 14.6 Å². The number of carbonyl (C=O) groups excluding carboxylic acids is 1. The minimum Gasteiger partial charge on any atom is -0.459 e. The van der Waals surface area contributed by atoms with Crippen LogP contribution in [0.4, 0.5) is 0 Å². The van der Waals surface area contributed by atoms with E-state index < -0.39 is 5.60 Å². The van der Waals surface area contributed by atoms with Gasteiger partial charge >= 0.3 is 5.97 Å². The summed E-state index contributed by atoms with van der Waals surface area (Å²) in [6, 6.07) is 0. The number of esters is 1. The third-order valence-electron chi connectivity index (χ3n) is 8.62. The molecule has 7 unspecified atom stereocenters. The molecule has 0 aromatic carbocycles. The van der Waals surface area contributed by atoms with Crippen LogP contribution < -0.4 is 0 Å². The largest absolute Gasteiger partial charge is 0.459 e. The molecule has 0 spiro atoms. The quantitative estimate of drug-likeness (QED) is 0.479. The molecule has 0 radical (unpaired) electrons. The molecule has 5 rings (SSSR count). The summed E-state index contributed by atoms with van der Waals surface area (Å²) in [4.78, 5) is 13.1. The summed E-state index contributed by atoms with van der Waals surface area (Å²) in [5.41, 5.74) is -0.396. The van der Waals surface area contributed by atoms with Gasteiger partial charge in [0.05, 0.1) is 12.0 Å². The third-order valence-corrected chi connectivity index (χ3v) is 8.62. The maximum atomic E-state index is 13.1. The van der Waals surface area contributed by atoms with Crippen LogP contribution in [0.5, 0.6) is 0 Å². The predicted molar refractivity (Wildman–Crippen MR) is 95.6 cm³/mol. The van der Waals surface area contributed by atoms with Gasteiger partial charge in [0.25, 0.3) is 0 Å². The van der Waals surface area contributed by atoms with Gasteiger partial charge in [-0.2, -0.15) is 0 Å². The number of ether oxygens (including phenoxy) is 1. The summed E-state index contributed by atoms with van der Waals surface area (Å²) in [5.74, 6) is 5.14. The Hall–Kier alpha value is -0.830. The van der Waals surface area contributed by atoms with E-state index in [4.69, 9.17) is 4.74 Å². The highest BCUT2D eigenvalue weighted by Gasteiger charge is 2.62. The van der Waals surface area contributed by atoms with Crippen molar-refractivity contribution in [3.05, 3.63) is 12.2 Å². The first-order valence-electron chi connectivity index (χ1n) is 10.5. The predicted octanol–water partition coefficient (Wildman–Crippen LogP) is 3.95. The molecule has 0 aromatic heterocycles. The topological polar surface area (TPSA) is 46.5 Å². The number of hydrogen-bond acceptors (Lipinski definition) is 3. The molecular formula is C22H32O3. The molecule has 3 heteroatoms. The third kappa shape index (κ3) is 2.44. The summed E-state index contributed by atoms with van der Waals surface area (Å²) in [7, 11) is 0. The highest BCUT2D eigenvalue weighted by molar-refractivity contribution is 5.74. The molecule has 7 atom stereocenters. The molecule has 0 aromatic rings. The monoisotopic (exact) mass is 344 g/mol. The zero-order valence-corrected chi connectivity index (χ0v) is 15.6. The standard InChI is InChI=1S/C22H32O3/c1-22(2,15-5-7-16(23)8-6-15)25-21(24)18-11-14-10-17(18)20-13-4-3-12(9-13)19(14)20/h3-4,12-20,23H,5-11H2,1-2H3. The van der Waals surface area contributed by atoms with Crippen LogP contribution in [0.2, 0.25) is 0 Å². The summed E-state index contributed by atoms with van der Waals surface area (Å²) < 4.78 is 6.14. The van der Waals surface area contributed by atoms with E-state index in [1.807, 2.05) is 0 Å². The number of allylic oxidation sites excluding steroid dienone is 2. The van der Waals surface area contributed by atoms with Crippen molar-refractivity contribution in [2.24, 2.45) is 47.3 Å². The molecule has 3 nitrogen and oxygen atoms in total. The van der Waals surface area contributed by atoms with Gasteiger partial charge in [0, 0.05) is 0 Å². The molecule has 0 heterocycles. The van der Waals surface area contributed by atoms with Gasteiger partial charge < -0.3 is 9.84 Å². The van der Waals surface area contributed by atoms with Crippen LogP contribution in [-0.4, -0.2) is 22.8 Å². The maximum Gasteiger partial charge on any atom is 0.309 e. The molecule has 25 heavy (non-hydrogen) atoms. The lowest BCUT2D eigenvalue weighted by atomic mass is 9.69. The lowest BCUT2D eigenvalue weighted by molar-refractivity contribution is -0.172. The molecule has 138 valence electrons. The van der Waals surface area contributed by atoms with Crippen LogP contribution in [0.3, 0.4) is 0 Å². The van der Waals surface area contributed by atoms with Gasteiger partial charge in [0.15, 0.2) is 0 Å². The molecule has 4 bridgehead atoms. The molecular weight excluding hydrogens is 312 g/mol. The Labute approximate surface area is 151 Å². The normalized spacial score (nSPS) is 50.3. The summed E-state index contributed by atoms with van der Waals surface area (Å²) in [6.07, 6.45) is 12.1. The Bertz CT molecular complexity index is 586. The van der Waals surface area contributed by atoms with Crippen molar-refractivity contribution in [3.8, 4) is 0 Å². The molecule has 4 saturated carbocycles. The molecule has 1 N–H and O–H groups in total. The first-order valence-corrected chi connectivity index (χ1v) is 10.5. The van der Waals surface area contributed by atoms with Crippen LogP contribution in [0, 0.1) is 47.3 Å². The highest BCUT2D eigenvalue weighted by Crippen LogP contribution is 2.67. The average Bonchev–Trinajstić information content (AvgIpc) is 3.33. The minimum absolute atomic E-state index is 0.0776. The number of carbonyl (C=O) groups is 1. The van der Waals surface area contributed by atoms with Crippen LogP contribution >= 0.6 is 0 Å². The van der Waals surface area contributed by atoms with Gasteiger partial charge in [-0.3, -0.25) is 4.79 Å². The van der Waals surface area contributed by atoms with Crippen LogP contribution in [0.1, 0.15) is 58.8 Å². The Morgan fingerprint density at radius 1 is 1.00 bits per heavy atom. The Morgan fingerprint density at radius 3 is 2.40 bits per heavy atom. The van der Waals surface area contributed by atoms with Crippen molar-refractivity contribution in [1.29, 1.82) is 0 Å². The fraction of sp³-hybridized carbons (Fsp3) is 0.864. The lowest BCUT2D eigenvalue weighted by Crippen LogP contribution is -2.43. The van der Waals surface area contributed by atoms with Gasteiger partial charge in [-0.15, -0.1) is 0 Å². The fourth-order valence-electron chi connectivity index (χ4n) is 7.48. The molecule has 5 aliphatic carbocycles. The Kier molecular flexibility index (Phi) is 3.65. The van der Waals surface area contributed by atoms with Crippen LogP contribution in [-0.2, 0) is 9.53 Å². The zero-order chi connectivity index (χ0) is 17.3. The van der Waals surface area contributed by atoms with Crippen LogP contribution in [0.25, 0.3) is 0 Å². The number of hydrogen-bond donors (Lipinski definition) is 1. The van der Waals surface area contributed by atoms with E-state index in [1.165, 1.54) is 12.8 Å². The molecule has 0 aliphatic heterocycles. The Balaban J connectivity index is 1.26. The summed E-state index contributed by atoms with van der Waals surface area (Å²) >= 11 is 0. The second kappa shape index (κ2) is 5.58. The first kappa shape index (κ1) is 16.4. The SMILES string of the molecule is CC(C)(OC(=O)C1CC2CC1C1C3C=CC(C3)C21)C1CCC(O)CC1. The van der Waals surface area contributed by atoms with Gasteiger partial charge in [-0.25, -0.2) is 0 Å². The average molecular weight is 344 g/mol.